The van der Waals surface area contributed by atoms with E-state index >= 15 is 0 Å². The maximum Gasteiger partial charge on any atom is 0.226 e. The van der Waals surface area contributed by atoms with Crippen LogP contribution in [0.3, 0.4) is 0 Å². The number of oxazole rings is 1. The van der Waals surface area contributed by atoms with Gasteiger partial charge < -0.3 is 4.42 Å². The van der Waals surface area contributed by atoms with E-state index in [0.717, 1.165) is 43.8 Å². The minimum absolute atomic E-state index is 0.293. The summed E-state index contributed by atoms with van der Waals surface area (Å²) in [5.41, 5.74) is 1.19. The van der Waals surface area contributed by atoms with Crippen molar-refractivity contribution in [2.45, 2.75) is 32.0 Å². The molecule has 0 bridgehead atoms. The lowest BCUT2D eigenvalue weighted by Gasteiger charge is -2.23. The minimum Gasteiger partial charge on any atom is -0.444 e. The lowest BCUT2D eigenvalue weighted by atomic mass is 10.2. The van der Waals surface area contributed by atoms with E-state index in [2.05, 4.69) is 20.0 Å². The van der Waals surface area contributed by atoms with Crippen LogP contribution in [0.15, 0.2) is 41.5 Å². The van der Waals surface area contributed by atoms with E-state index in [1.807, 2.05) is 4.68 Å². The van der Waals surface area contributed by atoms with Gasteiger partial charge in [0.2, 0.25) is 5.89 Å². The van der Waals surface area contributed by atoms with Gasteiger partial charge >= 0.3 is 0 Å². The molecule has 1 atom stereocenters. The zero-order valence-corrected chi connectivity index (χ0v) is 13.5. The highest BCUT2D eigenvalue weighted by molar-refractivity contribution is 5.53. The lowest BCUT2D eigenvalue weighted by molar-refractivity contribution is 0.216. The van der Waals surface area contributed by atoms with Crippen molar-refractivity contribution in [2.75, 3.05) is 6.54 Å². The van der Waals surface area contributed by atoms with Crippen LogP contribution >= 0.6 is 0 Å². The van der Waals surface area contributed by atoms with E-state index in [0.29, 0.717) is 24.0 Å². The van der Waals surface area contributed by atoms with Gasteiger partial charge in [-0.05, 0) is 37.6 Å². The summed E-state index contributed by atoms with van der Waals surface area (Å²) >= 11 is 0. The molecule has 1 unspecified atom stereocenters. The summed E-state index contributed by atoms with van der Waals surface area (Å²) in [6.07, 6.45) is 7.03. The Balaban J connectivity index is 1.46. The van der Waals surface area contributed by atoms with Gasteiger partial charge in [0.1, 0.15) is 18.9 Å². The number of aromatic nitrogens is 4. The van der Waals surface area contributed by atoms with Crippen LogP contribution in [0.1, 0.15) is 18.5 Å². The van der Waals surface area contributed by atoms with Crippen molar-refractivity contribution in [3.8, 4) is 11.5 Å². The molecule has 25 heavy (non-hydrogen) atoms. The number of halogens is 2. The average Bonchev–Trinajstić information content (AvgIpc) is 3.34. The molecule has 1 fully saturated rings. The molecule has 0 saturated carbocycles. The van der Waals surface area contributed by atoms with Gasteiger partial charge in [0.05, 0.1) is 12.2 Å². The highest BCUT2D eigenvalue weighted by Crippen LogP contribution is 2.24. The van der Waals surface area contributed by atoms with Gasteiger partial charge in [0, 0.05) is 18.2 Å². The second-order valence-electron chi connectivity index (χ2n) is 6.16. The predicted molar refractivity (Wildman–Crippen MR) is 85.3 cm³/mol. The predicted octanol–water partition coefficient (Wildman–Crippen LogP) is 2.88. The van der Waals surface area contributed by atoms with Crippen molar-refractivity contribution in [1.29, 1.82) is 0 Å². The summed E-state index contributed by atoms with van der Waals surface area (Å²) in [6, 6.07) is 3.99. The molecule has 1 aliphatic heterocycles. The van der Waals surface area contributed by atoms with Crippen molar-refractivity contribution in [3.05, 3.63) is 54.4 Å². The van der Waals surface area contributed by atoms with Crippen LogP contribution in [0.2, 0.25) is 0 Å². The first-order valence-corrected chi connectivity index (χ1v) is 8.15. The van der Waals surface area contributed by atoms with E-state index in [1.54, 1.807) is 12.6 Å². The van der Waals surface area contributed by atoms with E-state index in [1.165, 1.54) is 12.4 Å². The summed E-state index contributed by atoms with van der Waals surface area (Å²) < 4.78 is 33.7. The van der Waals surface area contributed by atoms with Crippen LogP contribution < -0.4 is 0 Å². The van der Waals surface area contributed by atoms with Crippen LogP contribution in [0.5, 0.6) is 0 Å². The molecule has 0 N–H and O–H groups in total. The van der Waals surface area contributed by atoms with Crippen molar-refractivity contribution in [2.24, 2.45) is 0 Å². The number of nitrogens with zero attached hydrogens (tertiary/aromatic N) is 5. The molecule has 0 radical (unpaired) electrons. The van der Waals surface area contributed by atoms with E-state index in [9.17, 15) is 8.78 Å². The Bertz CT molecular complexity index is 849. The first-order valence-electron chi connectivity index (χ1n) is 8.15. The molecule has 2 aromatic heterocycles. The molecule has 8 heteroatoms. The van der Waals surface area contributed by atoms with Crippen molar-refractivity contribution < 1.29 is 13.2 Å². The first-order chi connectivity index (χ1) is 12.2. The highest BCUT2D eigenvalue weighted by atomic mass is 19.2. The Kier molecular flexibility index (Phi) is 4.27. The van der Waals surface area contributed by atoms with Gasteiger partial charge in [-0.3, -0.25) is 9.58 Å². The monoisotopic (exact) mass is 345 g/mol. The molecule has 0 spiro atoms. The smallest absolute Gasteiger partial charge is 0.226 e. The SMILES string of the molecule is Fc1ccc(-c2nc(CN3CCCC3Cn3cncn3)co2)cc1F. The Hall–Kier alpha value is -2.61. The Morgan fingerprint density at radius 3 is 2.96 bits per heavy atom. The number of likely N-dealkylation sites (tertiary alicyclic amines) is 1. The molecule has 3 aromatic rings. The molecular formula is C17H17F2N5O. The molecule has 1 saturated heterocycles. The molecule has 1 aliphatic rings. The van der Waals surface area contributed by atoms with E-state index < -0.39 is 11.6 Å². The van der Waals surface area contributed by atoms with Crippen LogP contribution in [-0.2, 0) is 13.1 Å². The fraction of sp³-hybridized carbons (Fsp3) is 0.353. The van der Waals surface area contributed by atoms with Gasteiger partial charge in [-0.2, -0.15) is 5.10 Å². The Morgan fingerprint density at radius 2 is 2.16 bits per heavy atom. The third kappa shape index (κ3) is 3.43. The summed E-state index contributed by atoms with van der Waals surface area (Å²) in [6.45, 7) is 2.41. The second-order valence-corrected chi connectivity index (χ2v) is 6.16. The summed E-state index contributed by atoms with van der Waals surface area (Å²) in [5, 5.41) is 4.16. The molecule has 1 aromatic carbocycles. The summed E-state index contributed by atoms with van der Waals surface area (Å²) in [4.78, 5) is 10.7. The molecule has 0 aliphatic carbocycles. The summed E-state index contributed by atoms with van der Waals surface area (Å²) in [7, 11) is 0. The number of hydrogen-bond donors (Lipinski definition) is 0. The highest BCUT2D eigenvalue weighted by Gasteiger charge is 2.26. The topological polar surface area (TPSA) is 60.0 Å². The van der Waals surface area contributed by atoms with Crippen molar-refractivity contribution in [3.63, 3.8) is 0 Å². The number of hydrogen-bond acceptors (Lipinski definition) is 5. The largest absolute Gasteiger partial charge is 0.444 e. The fourth-order valence-electron chi connectivity index (χ4n) is 3.20. The maximum absolute atomic E-state index is 13.4. The maximum atomic E-state index is 13.4. The van der Waals surface area contributed by atoms with E-state index in [4.69, 9.17) is 4.42 Å². The molecule has 0 amide bonds. The van der Waals surface area contributed by atoms with Crippen LogP contribution in [0, 0.1) is 11.6 Å². The van der Waals surface area contributed by atoms with Gasteiger partial charge in [-0.15, -0.1) is 0 Å². The fourth-order valence-corrected chi connectivity index (χ4v) is 3.20. The molecular weight excluding hydrogens is 328 g/mol. The molecule has 130 valence electrons. The Morgan fingerprint density at radius 1 is 1.24 bits per heavy atom. The van der Waals surface area contributed by atoms with Crippen LogP contribution in [-0.4, -0.2) is 37.2 Å². The van der Waals surface area contributed by atoms with Crippen molar-refractivity contribution in [1.82, 2.24) is 24.6 Å². The van der Waals surface area contributed by atoms with Gasteiger partial charge in [0.25, 0.3) is 0 Å². The van der Waals surface area contributed by atoms with E-state index in [-0.39, 0.29) is 0 Å². The normalized spacial score (nSPS) is 18.1. The minimum atomic E-state index is -0.912. The Labute approximate surface area is 143 Å². The zero-order chi connectivity index (χ0) is 17.2. The quantitative estimate of drug-likeness (QED) is 0.712. The third-order valence-corrected chi connectivity index (χ3v) is 4.45. The number of rotatable bonds is 5. The second kappa shape index (κ2) is 6.72. The van der Waals surface area contributed by atoms with Gasteiger partial charge in [-0.25, -0.2) is 18.7 Å². The lowest BCUT2D eigenvalue weighted by Crippen LogP contribution is -2.32. The molecule has 3 heterocycles. The molecule has 6 nitrogen and oxygen atoms in total. The average molecular weight is 345 g/mol. The summed E-state index contributed by atoms with van der Waals surface area (Å²) in [5.74, 6) is -1.51. The van der Waals surface area contributed by atoms with Crippen LogP contribution in [0.4, 0.5) is 8.78 Å². The standard InChI is InChI=1S/C17H17F2N5O/c18-15-4-3-12(6-16(15)19)17-22-13(9-25-17)7-23-5-1-2-14(23)8-24-11-20-10-21-24/h3-4,6,9-11,14H,1-2,5,7-8H2. The van der Waals surface area contributed by atoms with Crippen molar-refractivity contribution >= 4 is 0 Å². The number of benzene rings is 1. The van der Waals surface area contributed by atoms with Gasteiger partial charge in [-0.1, -0.05) is 0 Å². The zero-order valence-electron chi connectivity index (χ0n) is 13.5. The first kappa shape index (κ1) is 15.9. The molecule has 4 rings (SSSR count). The van der Waals surface area contributed by atoms with Gasteiger partial charge in [0.15, 0.2) is 11.6 Å². The third-order valence-electron chi connectivity index (χ3n) is 4.45. The van der Waals surface area contributed by atoms with Crippen LogP contribution in [0.25, 0.3) is 11.5 Å².